The monoisotopic (exact) mass is 319 g/mol. The molecule has 2 rings (SSSR count). The Hall–Kier alpha value is -0.0300. The van der Waals surface area contributed by atoms with Crippen LogP contribution in [0.2, 0.25) is 0 Å². The first-order valence-corrected chi connectivity index (χ1v) is 6.81. The van der Waals surface area contributed by atoms with E-state index in [9.17, 15) is 0 Å². The van der Waals surface area contributed by atoms with Gasteiger partial charge in [-0.2, -0.15) is 0 Å². The van der Waals surface area contributed by atoms with Gasteiger partial charge in [0.05, 0.1) is 6.54 Å². The molecule has 2 nitrogen and oxygen atoms in total. The molecular weight excluding hydrogens is 301 g/mol. The van der Waals surface area contributed by atoms with Gasteiger partial charge in [-0.1, -0.05) is 19.8 Å². The fraction of sp³-hybridized carbons (Fsp3) is 0.667. The van der Waals surface area contributed by atoms with Gasteiger partial charge in [-0.25, -0.2) is 0 Å². The molecule has 3 heteroatoms. The molecule has 0 saturated heterocycles. The molecule has 84 valence electrons. The molecule has 1 N–H and O–H groups in total. The van der Waals surface area contributed by atoms with E-state index in [1.54, 1.807) is 0 Å². The molecule has 1 aliphatic carbocycles. The number of hydrogen-bond acceptors (Lipinski definition) is 2. The molecular formula is C12H18INO. The summed E-state index contributed by atoms with van der Waals surface area (Å²) in [5, 5.41) is 3.60. The molecule has 15 heavy (non-hydrogen) atoms. The first-order chi connectivity index (χ1) is 7.25. The van der Waals surface area contributed by atoms with Crippen LogP contribution in [0.4, 0.5) is 0 Å². The number of halogens is 1. The molecule has 0 spiro atoms. The van der Waals surface area contributed by atoms with Crippen molar-refractivity contribution in [3.05, 3.63) is 21.7 Å². The van der Waals surface area contributed by atoms with Crippen molar-refractivity contribution in [1.29, 1.82) is 0 Å². The smallest absolute Gasteiger partial charge is 0.164 e. The van der Waals surface area contributed by atoms with Crippen LogP contribution in [0, 0.1) is 9.68 Å². The van der Waals surface area contributed by atoms with Gasteiger partial charge < -0.3 is 9.73 Å². The van der Waals surface area contributed by atoms with Gasteiger partial charge >= 0.3 is 0 Å². The van der Waals surface area contributed by atoms with Crippen LogP contribution < -0.4 is 5.32 Å². The highest BCUT2D eigenvalue weighted by Gasteiger charge is 2.20. The Bertz CT molecular complexity index is 310. The molecule has 0 aliphatic heterocycles. The molecule has 2 unspecified atom stereocenters. The standard InChI is InChI=1S/C12H18INO/c1-9-4-2-3-5-11(9)14-8-10-6-7-12(13)15-10/h6-7,9,11,14H,2-5,8H2,1H3. The highest BCUT2D eigenvalue weighted by atomic mass is 127. The SMILES string of the molecule is CC1CCCCC1NCc1ccc(I)o1. The van der Waals surface area contributed by atoms with E-state index in [1.165, 1.54) is 25.7 Å². The Morgan fingerprint density at radius 2 is 2.20 bits per heavy atom. The Morgan fingerprint density at radius 1 is 1.40 bits per heavy atom. The Morgan fingerprint density at radius 3 is 2.87 bits per heavy atom. The lowest BCUT2D eigenvalue weighted by atomic mass is 9.86. The van der Waals surface area contributed by atoms with Crippen molar-refractivity contribution in [2.24, 2.45) is 5.92 Å². The predicted octanol–water partition coefficient (Wildman–Crippen LogP) is 3.55. The second kappa shape index (κ2) is 5.34. The third-order valence-electron chi connectivity index (χ3n) is 3.28. The Kier molecular flexibility index (Phi) is 4.08. The summed E-state index contributed by atoms with van der Waals surface area (Å²) < 4.78 is 6.51. The van der Waals surface area contributed by atoms with Crippen LogP contribution in [0.3, 0.4) is 0 Å². The van der Waals surface area contributed by atoms with E-state index in [1.807, 2.05) is 6.07 Å². The lowest BCUT2D eigenvalue weighted by Gasteiger charge is -2.29. The lowest BCUT2D eigenvalue weighted by Crippen LogP contribution is -2.36. The van der Waals surface area contributed by atoms with E-state index in [0.717, 1.165) is 22.0 Å². The third-order valence-corrected chi connectivity index (χ3v) is 3.86. The molecule has 0 radical (unpaired) electrons. The average molecular weight is 319 g/mol. The molecule has 1 aromatic rings. The van der Waals surface area contributed by atoms with Gasteiger partial charge in [0.25, 0.3) is 0 Å². The van der Waals surface area contributed by atoms with Crippen molar-refractivity contribution >= 4 is 22.6 Å². The maximum Gasteiger partial charge on any atom is 0.164 e. The maximum absolute atomic E-state index is 5.53. The minimum atomic E-state index is 0.682. The van der Waals surface area contributed by atoms with Crippen molar-refractivity contribution in [3.63, 3.8) is 0 Å². The summed E-state index contributed by atoms with van der Waals surface area (Å²) in [6, 6.07) is 4.76. The number of rotatable bonds is 3. The van der Waals surface area contributed by atoms with Crippen LogP contribution in [0.15, 0.2) is 16.5 Å². The molecule has 0 aromatic carbocycles. The fourth-order valence-corrected chi connectivity index (χ4v) is 2.76. The van der Waals surface area contributed by atoms with E-state index >= 15 is 0 Å². The van der Waals surface area contributed by atoms with Crippen molar-refractivity contribution in [1.82, 2.24) is 5.32 Å². The summed E-state index contributed by atoms with van der Waals surface area (Å²) in [5.74, 6) is 1.87. The third kappa shape index (κ3) is 3.21. The van der Waals surface area contributed by atoms with Gasteiger partial charge in [-0.15, -0.1) is 0 Å². The van der Waals surface area contributed by atoms with Crippen molar-refractivity contribution < 1.29 is 4.42 Å². The lowest BCUT2D eigenvalue weighted by molar-refractivity contribution is 0.272. The number of nitrogens with one attached hydrogen (secondary N) is 1. The van der Waals surface area contributed by atoms with Gasteiger partial charge in [0.15, 0.2) is 3.77 Å². The molecule has 1 aliphatic rings. The van der Waals surface area contributed by atoms with Crippen LogP contribution in [0.5, 0.6) is 0 Å². The summed E-state index contributed by atoms with van der Waals surface area (Å²) >= 11 is 2.20. The van der Waals surface area contributed by atoms with Crippen molar-refractivity contribution in [3.8, 4) is 0 Å². The topological polar surface area (TPSA) is 25.2 Å². The summed E-state index contributed by atoms with van der Waals surface area (Å²) in [6.45, 7) is 3.22. The van der Waals surface area contributed by atoms with Gasteiger partial charge in [0.1, 0.15) is 5.76 Å². The quantitative estimate of drug-likeness (QED) is 0.862. The molecule has 0 amide bonds. The van der Waals surface area contributed by atoms with Crippen molar-refractivity contribution in [2.75, 3.05) is 0 Å². The second-order valence-electron chi connectivity index (χ2n) is 4.45. The zero-order chi connectivity index (χ0) is 10.7. The highest BCUT2D eigenvalue weighted by Crippen LogP contribution is 2.24. The zero-order valence-electron chi connectivity index (χ0n) is 9.13. The first kappa shape index (κ1) is 11.5. The second-order valence-corrected chi connectivity index (χ2v) is 5.52. The maximum atomic E-state index is 5.53. The predicted molar refractivity (Wildman–Crippen MR) is 69.7 cm³/mol. The number of hydrogen-bond donors (Lipinski definition) is 1. The Labute approximate surface area is 105 Å². The molecule has 1 heterocycles. The van der Waals surface area contributed by atoms with E-state index < -0.39 is 0 Å². The molecule has 1 fully saturated rings. The van der Waals surface area contributed by atoms with E-state index in [-0.39, 0.29) is 0 Å². The minimum absolute atomic E-state index is 0.682. The fourth-order valence-electron chi connectivity index (χ4n) is 2.30. The summed E-state index contributed by atoms with van der Waals surface area (Å²) in [4.78, 5) is 0. The molecule has 0 bridgehead atoms. The minimum Gasteiger partial charge on any atom is -0.454 e. The van der Waals surface area contributed by atoms with Crippen LogP contribution >= 0.6 is 22.6 Å². The van der Waals surface area contributed by atoms with E-state index in [0.29, 0.717) is 6.04 Å². The van der Waals surface area contributed by atoms with Crippen LogP contribution in [0.25, 0.3) is 0 Å². The van der Waals surface area contributed by atoms with Gasteiger partial charge in [0, 0.05) is 6.04 Å². The molecule has 2 atom stereocenters. The average Bonchev–Trinajstić information content (AvgIpc) is 2.63. The normalized spacial score (nSPS) is 26.8. The Balaban J connectivity index is 1.81. The largest absolute Gasteiger partial charge is 0.454 e. The zero-order valence-corrected chi connectivity index (χ0v) is 11.3. The van der Waals surface area contributed by atoms with E-state index in [2.05, 4.69) is 40.9 Å². The van der Waals surface area contributed by atoms with E-state index in [4.69, 9.17) is 4.42 Å². The highest BCUT2D eigenvalue weighted by molar-refractivity contribution is 14.1. The summed E-state index contributed by atoms with van der Waals surface area (Å²) in [6.07, 6.45) is 5.46. The summed E-state index contributed by atoms with van der Waals surface area (Å²) in [5.41, 5.74) is 0. The van der Waals surface area contributed by atoms with Crippen LogP contribution in [0.1, 0.15) is 38.4 Å². The molecule has 1 aromatic heterocycles. The van der Waals surface area contributed by atoms with Gasteiger partial charge in [-0.05, 0) is 53.5 Å². The van der Waals surface area contributed by atoms with Gasteiger partial charge in [0.2, 0.25) is 0 Å². The van der Waals surface area contributed by atoms with Crippen molar-refractivity contribution in [2.45, 2.75) is 45.2 Å². The van der Waals surface area contributed by atoms with Gasteiger partial charge in [-0.3, -0.25) is 0 Å². The summed E-state index contributed by atoms with van der Waals surface area (Å²) in [7, 11) is 0. The molecule has 1 saturated carbocycles. The number of furan rings is 1. The van der Waals surface area contributed by atoms with Crippen LogP contribution in [-0.2, 0) is 6.54 Å². The first-order valence-electron chi connectivity index (χ1n) is 5.73. The van der Waals surface area contributed by atoms with Crippen LogP contribution in [-0.4, -0.2) is 6.04 Å².